The molecule has 2 rings (SSSR count). The number of nitrogens with zero attached hydrogens (tertiary/aromatic N) is 2. The number of morpholine rings is 1. The molecule has 1 aromatic rings. The molecule has 8 heteroatoms. The fourth-order valence-corrected chi connectivity index (χ4v) is 2.70. The lowest BCUT2D eigenvalue weighted by molar-refractivity contribution is -0.132. The van der Waals surface area contributed by atoms with Crippen LogP contribution in [0.4, 0.5) is 17.6 Å². The zero-order valence-electron chi connectivity index (χ0n) is 14.3. The Hall–Kier alpha value is -1.83. The Balaban J connectivity index is 2.10. The monoisotopic (exact) mass is 361 g/mol. The molecule has 1 saturated heterocycles. The average molecular weight is 361 g/mol. The van der Waals surface area contributed by atoms with Gasteiger partial charge in [0, 0.05) is 13.1 Å². The molecule has 0 amide bonds. The molecular weight excluding hydrogens is 338 g/mol. The van der Waals surface area contributed by atoms with Crippen molar-refractivity contribution in [3.63, 3.8) is 0 Å². The van der Waals surface area contributed by atoms with E-state index in [-0.39, 0.29) is 24.6 Å². The molecule has 2 atom stereocenters. The van der Waals surface area contributed by atoms with Crippen molar-refractivity contribution < 1.29 is 22.3 Å². The molecule has 0 spiro atoms. The number of rotatable bonds is 4. The van der Waals surface area contributed by atoms with E-state index in [9.17, 15) is 17.6 Å². The number of halogens is 4. The zero-order valence-corrected chi connectivity index (χ0v) is 14.3. The highest BCUT2D eigenvalue weighted by molar-refractivity contribution is 5.80. The third-order valence-electron chi connectivity index (χ3n) is 3.79. The van der Waals surface area contributed by atoms with Crippen molar-refractivity contribution in [3.8, 4) is 0 Å². The van der Waals surface area contributed by atoms with Crippen LogP contribution in [0.3, 0.4) is 0 Å². The molecule has 1 fully saturated rings. The summed E-state index contributed by atoms with van der Waals surface area (Å²) in [5.74, 6) is 0.112. The Kier molecular flexibility index (Phi) is 6.64. The Morgan fingerprint density at radius 2 is 1.96 bits per heavy atom. The molecule has 0 radical (unpaired) electrons. The fraction of sp³-hybridized carbons (Fsp3) is 0.588. The first-order valence-electron chi connectivity index (χ1n) is 8.29. The van der Waals surface area contributed by atoms with Gasteiger partial charge in [0.15, 0.2) is 5.96 Å². The first-order chi connectivity index (χ1) is 11.8. The minimum absolute atomic E-state index is 0.129. The SMILES string of the molecule is CCNC(=NCCC(F)(F)F)N1CC(C)OC(c2ccc(F)cc2)C1. The molecule has 1 heterocycles. The van der Waals surface area contributed by atoms with Crippen LogP contribution < -0.4 is 5.32 Å². The van der Waals surface area contributed by atoms with E-state index < -0.39 is 12.6 Å². The van der Waals surface area contributed by atoms with Crippen LogP contribution in [0.2, 0.25) is 0 Å². The van der Waals surface area contributed by atoms with E-state index in [1.165, 1.54) is 12.1 Å². The van der Waals surface area contributed by atoms with E-state index in [0.717, 1.165) is 5.56 Å². The predicted octanol–water partition coefficient (Wildman–Crippen LogP) is 3.51. The summed E-state index contributed by atoms with van der Waals surface area (Å²) in [5, 5.41) is 3.03. The van der Waals surface area contributed by atoms with Crippen molar-refractivity contribution in [1.29, 1.82) is 0 Å². The van der Waals surface area contributed by atoms with Gasteiger partial charge in [-0.1, -0.05) is 12.1 Å². The summed E-state index contributed by atoms with van der Waals surface area (Å²) in [7, 11) is 0. The summed E-state index contributed by atoms with van der Waals surface area (Å²) in [4.78, 5) is 5.99. The van der Waals surface area contributed by atoms with Crippen molar-refractivity contribution >= 4 is 5.96 Å². The first-order valence-corrected chi connectivity index (χ1v) is 8.29. The number of hydrogen-bond acceptors (Lipinski definition) is 2. The molecule has 140 valence electrons. The van der Waals surface area contributed by atoms with Crippen LogP contribution in [0, 0.1) is 5.82 Å². The van der Waals surface area contributed by atoms with Gasteiger partial charge < -0.3 is 15.0 Å². The van der Waals surface area contributed by atoms with Crippen molar-refractivity contribution in [2.24, 2.45) is 4.99 Å². The maximum absolute atomic E-state index is 13.1. The molecule has 0 saturated carbocycles. The standard InChI is InChI=1S/C17H23F4N3O/c1-3-22-16(23-9-8-17(19,20)21)24-10-12(2)25-15(11-24)13-4-6-14(18)7-5-13/h4-7,12,15H,3,8-11H2,1-2H3,(H,22,23). The molecule has 0 aliphatic carbocycles. The van der Waals surface area contributed by atoms with E-state index in [4.69, 9.17) is 4.74 Å². The smallest absolute Gasteiger partial charge is 0.367 e. The normalized spacial score (nSPS) is 22.2. The van der Waals surface area contributed by atoms with Gasteiger partial charge in [-0.15, -0.1) is 0 Å². The Morgan fingerprint density at radius 3 is 2.56 bits per heavy atom. The number of aliphatic imine (C=N–C) groups is 1. The van der Waals surface area contributed by atoms with E-state index >= 15 is 0 Å². The van der Waals surface area contributed by atoms with E-state index in [1.807, 2.05) is 18.7 Å². The Labute approximate surface area is 144 Å². The van der Waals surface area contributed by atoms with Crippen molar-refractivity contribution in [3.05, 3.63) is 35.6 Å². The molecule has 1 aromatic carbocycles. The van der Waals surface area contributed by atoms with Gasteiger partial charge in [-0.05, 0) is 31.5 Å². The maximum Gasteiger partial charge on any atom is 0.390 e. The molecule has 1 aliphatic rings. The topological polar surface area (TPSA) is 36.9 Å². The van der Waals surface area contributed by atoms with Crippen LogP contribution in [-0.2, 0) is 4.74 Å². The Bertz CT molecular complexity index is 574. The number of hydrogen-bond donors (Lipinski definition) is 1. The molecule has 0 aromatic heterocycles. The molecular formula is C17H23F4N3O. The summed E-state index contributed by atoms with van der Waals surface area (Å²) in [6, 6.07) is 6.05. The summed E-state index contributed by atoms with van der Waals surface area (Å²) in [6.45, 7) is 4.95. The summed E-state index contributed by atoms with van der Waals surface area (Å²) in [5.41, 5.74) is 0.823. The van der Waals surface area contributed by atoms with Crippen molar-refractivity contribution in [2.45, 2.75) is 38.7 Å². The minimum atomic E-state index is -4.23. The average Bonchev–Trinajstić information content (AvgIpc) is 2.53. The third-order valence-corrected chi connectivity index (χ3v) is 3.79. The summed E-state index contributed by atoms with van der Waals surface area (Å²) in [6.07, 6.45) is -5.61. The quantitative estimate of drug-likeness (QED) is 0.507. The predicted molar refractivity (Wildman–Crippen MR) is 87.9 cm³/mol. The summed E-state index contributed by atoms with van der Waals surface area (Å²) >= 11 is 0. The van der Waals surface area contributed by atoms with Crippen molar-refractivity contribution in [1.82, 2.24) is 10.2 Å². The highest BCUT2D eigenvalue weighted by atomic mass is 19.4. The van der Waals surface area contributed by atoms with Gasteiger partial charge in [-0.25, -0.2) is 4.39 Å². The number of ether oxygens (including phenoxy) is 1. The Morgan fingerprint density at radius 1 is 1.28 bits per heavy atom. The number of benzene rings is 1. The minimum Gasteiger partial charge on any atom is -0.367 e. The van der Waals surface area contributed by atoms with Crippen LogP contribution in [-0.4, -0.2) is 49.3 Å². The van der Waals surface area contributed by atoms with Gasteiger partial charge in [0.25, 0.3) is 0 Å². The second-order valence-electron chi connectivity index (χ2n) is 5.99. The highest BCUT2D eigenvalue weighted by Gasteiger charge is 2.29. The first kappa shape index (κ1) is 19.5. The van der Waals surface area contributed by atoms with Gasteiger partial charge in [0.1, 0.15) is 11.9 Å². The van der Waals surface area contributed by atoms with Gasteiger partial charge >= 0.3 is 6.18 Å². The maximum atomic E-state index is 13.1. The van der Waals surface area contributed by atoms with Gasteiger partial charge in [0.2, 0.25) is 0 Å². The van der Waals surface area contributed by atoms with Crippen LogP contribution in [0.25, 0.3) is 0 Å². The van der Waals surface area contributed by atoms with Crippen molar-refractivity contribution in [2.75, 3.05) is 26.2 Å². The lowest BCUT2D eigenvalue weighted by atomic mass is 10.1. The van der Waals surface area contributed by atoms with E-state index in [0.29, 0.717) is 25.6 Å². The van der Waals surface area contributed by atoms with E-state index in [1.54, 1.807) is 12.1 Å². The molecule has 1 N–H and O–H groups in total. The lowest BCUT2D eigenvalue weighted by Crippen LogP contribution is -2.50. The number of guanidine groups is 1. The fourth-order valence-electron chi connectivity index (χ4n) is 2.70. The molecule has 1 aliphatic heterocycles. The second kappa shape index (κ2) is 8.51. The van der Waals surface area contributed by atoms with Gasteiger partial charge in [0.05, 0.1) is 25.6 Å². The largest absolute Gasteiger partial charge is 0.390 e. The summed E-state index contributed by atoms with van der Waals surface area (Å²) < 4.78 is 56.1. The second-order valence-corrected chi connectivity index (χ2v) is 5.99. The van der Waals surface area contributed by atoms with Crippen LogP contribution in [0.15, 0.2) is 29.3 Å². The molecule has 25 heavy (non-hydrogen) atoms. The van der Waals surface area contributed by atoms with Gasteiger partial charge in [-0.3, -0.25) is 4.99 Å². The third kappa shape index (κ3) is 6.19. The zero-order chi connectivity index (χ0) is 18.4. The molecule has 4 nitrogen and oxygen atoms in total. The van der Waals surface area contributed by atoms with Crippen LogP contribution in [0.1, 0.15) is 31.9 Å². The van der Waals surface area contributed by atoms with Gasteiger partial charge in [-0.2, -0.15) is 13.2 Å². The van der Waals surface area contributed by atoms with Crippen LogP contribution in [0.5, 0.6) is 0 Å². The number of alkyl halides is 3. The highest BCUT2D eigenvalue weighted by Crippen LogP contribution is 2.25. The molecule has 0 bridgehead atoms. The lowest BCUT2D eigenvalue weighted by Gasteiger charge is -2.38. The van der Waals surface area contributed by atoms with Crippen LogP contribution >= 0.6 is 0 Å². The molecule has 2 unspecified atom stereocenters. The van der Waals surface area contributed by atoms with E-state index in [2.05, 4.69) is 10.3 Å². The number of nitrogens with one attached hydrogen (secondary N) is 1.